The highest BCUT2D eigenvalue weighted by Crippen LogP contribution is 2.30. The topological polar surface area (TPSA) is 100 Å². The van der Waals surface area contributed by atoms with Gasteiger partial charge in [0.05, 0.1) is 29.8 Å². The van der Waals surface area contributed by atoms with Crippen molar-refractivity contribution in [2.24, 2.45) is 0 Å². The molecule has 0 aliphatic carbocycles. The molecule has 0 atom stereocenters. The second-order valence-electron chi connectivity index (χ2n) is 8.38. The first-order valence-electron chi connectivity index (χ1n) is 11.2. The molecule has 2 aromatic carbocycles. The molecule has 0 bridgehead atoms. The number of hydrogen-bond acceptors (Lipinski definition) is 7. The maximum absolute atomic E-state index is 14.0. The minimum Gasteiger partial charge on any atom is -0.487 e. The quantitative estimate of drug-likeness (QED) is 0.254. The number of oxazole rings is 1. The lowest BCUT2D eigenvalue weighted by atomic mass is 10.1. The molecule has 4 rings (SSSR count). The van der Waals surface area contributed by atoms with Gasteiger partial charge >= 0.3 is 6.18 Å². The van der Waals surface area contributed by atoms with Crippen LogP contribution in [0.5, 0.6) is 5.75 Å². The fourth-order valence-corrected chi connectivity index (χ4v) is 4.84. The Bertz CT molecular complexity index is 1530. The molecule has 200 valence electrons. The van der Waals surface area contributed by atoms with Crippen molar-refractivity contribution in [3.05, 3.63) is 94.7 Å². The molecule has 0 fully saturated rings. The predicted octanol–water partition coefficient (Wildman–Crippen LogP) is 5.10. The highest BCUT2D eigenvalue weighted by Gasteiger charge is 2.31. The zero-order valence-corrected chi connectivity index (χ0v) is 20.8. The van der Waals surface area contributed by atoms with Crippen molar-refractivity contribution in [2.75, 3.05) is 5.75 Å². The zero-order chi connectivity index (χ0) is 27.3. The van der Waals surface area contributed by atoms with E-state index >= 15 is 0 Å². The monoisotopic (exact) mass is 550 g/mol. The fourth-order valence-electron chi connectivity index (χ4n) is 3.44. The number of hydrogen-bond donors (Lipinski definition) is 0. The molecule has 0 aliphatic heterocycles. The summed E-state index contributed by atoms with van der Waals surface area (Å²) in [6.45, 7) is 2.05. The number of rotatable bonds is 10. The van der Waals surface area contributed by atoms with Gasteiger partial charge in [-0.25, -0.2) is 17.8 Å². The van der Waals surface area contributed by atoms with Gasteiger partial charge in [-0.05, 0) is 48.4 Å². The third-order valence-corrected chi connectivity index (χ3v) is 7.04. The normalized spacial score (nSPS) is 12.3. The van der Waals surface area contributed by atoms with E-state index < -0.39 is 27.4 Å². The molecule has 0 spiro atoms. The number of sulfone groups is 1. The molecular weight excluding hydrogens is 528 g/mol. The van der Waals surface area contributed by atoms with Gasteiger partial charge in [-0.2, -0.15) is 13.2 Å². The van der Waals surface area contributed by atoms with E-state index in [1.165, 1.54) is 29.3 Å². The molecule has 8 nitrogen and oxygen atoms in total. The summed E-state index contributed by atoms with van der Waals surface area (Å²) in [6.07, 6.45) is 2.38. The van der Waals surface area contributed by atoms with Crippen LogP contribution in [0.4, 0.5) is 17.6 Å². The number of ether oxygens (including phenoxy) is 1. The SMILES string of the molecule is Cc1cc(OCc2coc(C=Cc3ccc(C(F)(F)F)cc3F)n2)ccc1CS(=O)(=O)CCn1ccnn1. The van der Waals surface area contributed by atoms with Crippen LogP contribution >= 0.6 is 0 Å². The van der Waals surface area contributed by atoms with Gasteiger partial charge in [-0.3, -0.25) is 4.68 Å². The first-order valence-corrected chi connectivity index (χ1v) is 13.1. The third-order valence-electron chi connectivity index (χ3n) is 5.48. The standard InChI is InChI=1S/C25H22F4N4O4S/c1-17-12-22(6-3-19(17)16-38(34,35)11-10-33-9-8-30-32-33)36-14-21-15-37-24(31-21)7-4-18-2-5-20(13-23(18)26)25(27,28)29/h2-9,12-13,15H,10-11,14,16H2,1H3. The number of alkyl halides is 3. The molecule has 0 N–H and O–H groups in total. The van der Waals surface area contributed by atoms with E-state index in [0.717, 1.165) is 17.7 Å². The second kappa shape index (κ2) is 11.2. The summed E-state index contributed by atoms with van der Waals surface area (Å²) in [5.74, 6) is -0.592. The molecule has 0 amide bonds. The smallest absolute Gasteiger partial charge is 0.416 e. The molecule has 13 heteroatoms. The Morgan fingerprint density at radius 1 is 1.13 bits per heavy atom. The molecule has 2 aromatic heterocycles. The van der Waals surface area contributed by atoms with Crippen LogP contribution in [0.3, 0.4) is 0 Å². The van der Waals surface area contributed by atoms with Crippen molar-refractivity contribution in [3.63, 3.8) is 0 Å². The van der Waals surface area contributed by atoms with E-state index in [1.54, 1.807) is 31.3 Å². The van der Waals surface area contributed by atoms with Crippen molar-refractivity contribution in [3.8, 4) is 5.75 Å². The molecule has 0 radical (unpaired) electrons. The van der Waals surface area contributed by atoms with Crippen LogP contribution in [-0.4, -0.2) is 34.1 Å². The predicted molar refractivity (Wildman–Crippen MR) is 130 cm³/mol. The lowest BCUT2D eigenvalue weighted by Crippen LogP contribution is -2.15. The summed E-state index contributed by atoms with van der Waals surface area (Å²) < 4.78 is 89.4. The van der Waals surface area contributed by atoms with E-state index in [0.29, 0.717) is 23.1 Å². The Morgan fingerprint density at radius 2 is 1.95 bits per heavy atom. The highest BCUT2D eigenvalue weighted by atomic mass is 32.2. The van der Waals surface area contributed by atoms with E-state index in [4.69, 9.17) is 9.15 Å². The molecule has 0 aliphatic rings. The summed E-state index contributed by atoms with van der Waals surface area (Å²) in [4.78, 5) is 4.19. The first-order chi connectivity index (χ1) is 18.0. The van der Waals surface area contributed by atoms with Gasteiger partial charge in [0.25, 0.3) is 0 Å². The van der Waals surface area contributed by atoms with Gasteiger partial charge in [0.1, 0.15) is 30.1 Å². The minimum absolute atomic E-state index is 0.0426. The van der Waals surface area contributed by atoms with Crippen molar-refractivity contribution < 1.29 is 35.1 Å². The van der Waals surface area contributed by atoms with Gasteiger partial charge in [-0.15, -0.1) is 5.10 Å². The van der Waals surface area contributed by atoms with Crippen molar-refractivity contribution >= 4 is 22.0 Å². The Labute approximate surface area is 215 Å². The molecular formula is C25H22F4N4O4S. The number of nitrogens with zero attached hydrogens (tertiary/aromatic N) is 4. The van der Waals surface area contributed by atoms with Crippen molar-refractivity contribution in [1.29, 1.82) is 0 Å². The van der Waals surface area contributed by atoms with E-state index in [2.05, 4.69) is 15.3 Å². The average molecular weight is 551 g/mol. The summed E-state index contributed by atoms with van der Waals surface area (Å²) in [7, 11) is -3.37. The summed E-state index contributed by atoms with van der Waals surface area (Å²) in [6, 6.07) is 7.30. The van der Waals surface area contributed by atoms with E-state index in [-0.39, 0.29) is 36.1 Å². The molecule has 38 heavy (non-hydrogen) atoms. The van der Waals surface area contributed by atoms with Crippen molar-refractivity contribution in [1.82, 2.24) is 20.0 Å². The average Bonchev–Trinajstić information content (AvgIpc) is 3.54. The number of benzene rings is 2. The van der Waals surface area contributed by atoms with Crippen LogP contribution < -0.4 is 4.74 Å². The second-order valence-corrected chi connectivity index (χ2v) is 10.6. The van der Waals surface area contributed by atoms with Crippen LogP contribution in [0.1, 0.15) is 33.8 Å². The maximum atomic E-state index is 14.0. The summed E-state index contributed by atoms with van der Waals surface area (Å²) in [5, 5.41) is 7.41. The number of aryl methyl sites for hydroxylation is 2. The van der Waals surface area contributed by atoms with E-state index in [9.17, 15) is 26.0 Å². The molecule has 0 saturated heterocycles. The lowest BCUT2D eigenvalue weighted by Gasteiger charge is -2.10. The highest BCUT2D eigenvalue weighted by molar-refractivity contribution is 7.90. The molecule has 0 saturated carbocycles. The van der Waals surface area contributed by atoms with E-state index in [1.807, 2.05) is 0 Å². The summed E-state index contributed by atoms with van der Waals surface area (Å²) in [5.41, 5.74) is 0.699. The first kappa shape index (κ1) is 27.0. The van der Waals surface area contributed by atoms with Gasteiger partial charge < -0.3 is 9.15 Å². The molecule has 4 aromatic rings. The lowest BCUT2D eigenvalue weighted by molar-refractivity contribution is -0.137. The maximum Gasteiger partial charge on any atom is 0.416 e. The molecule has 0 unspecified atom stereocenters. The van der Waals surface area contributed by atoms with Crippen LogP contribution in [-0.2, 0) is 34.9 Å². The van der Waals surface area contributed by atoms with Crippen LogP contribution in [0.25, 0.3) is 12.2 Å². The summed E-state index contributed by atoms with van der Waals surface area (Å²) >= 11 is 0. The number of aromatic nitrogens is 4. The Balaban J connectivity index is 1.32. The number of halogens is 4. The molecule has 2 heterocycles. The zero-order valence-electron chi connectivity index (χ0n) is 20.0. The van der Waals surface area contributed by atoms with Crippen LogP contribution in [0, 0.1) is 12.7 Å². The van der Waals surface area contributed by atoms with Crippen LogP contribution in [0.15, 0.2) is 59.5 Å². The Morgan fingerprint density at radius 3 is 2.63 bits per heavy atom. The van der Waals surface area contributed by atoms with Gasteiger partial charge in [0.2, 0.25) is 5.89 Å². The van der Waals surface area contributed by atoms with Crippen LogP contribution in [0.2, 0.25) is 0 Å². The minimum atomic E-state index is -4.63. The third kappa shape index (κ3) is 7.28. The van der Waals surface area contributed by atoms with Gasteiger partial charge in [-0.1, -0.05) is 17.3 Å². The van der Waals surface area contributed by atoms with Gasteiger partial charge in [0.15, 0.2) is 9.84 Å². The Hall–Kier alpha value is -4.00. The Kier molecular flexibility index (Phi) is 7.95. The van der Waals surface area contributed by atoms with Gasteiger partial charge in [0, 0.05) is 17.8 Å². The van der Waals surface area contributed by atoms with Crippen molar-refractivity contribution in [2.45, 2.75) is 32.0 Å². The fraction of sp³-hybridized carbons (Fsp3) is 0.240. The largest absolute Gasteiger partial charge is 0.487 e.